The molecule has 1 heterocycles. The second kappa shape index (κ2) is 20.4. The molecule has 4 N–H and O–H groups in total. The minimum Gasteiger partial charge on any atom is -0.394 e. The number of hydrogen-bond acceptors (Lipinski definition) is 5. The molecule has 2 amide bonds. The van der Waals surface area contributed by atoms with Crippen LogP contribution in [-0.4, -0.2) is 72.4 Å². The molecule has 1 rings (SSSR count). The van der Waals surface area contributed by atoms with Gasteiger partial charge in [0.15, 0.2) is 0 Å². The monoisotopic (exact) mass is 455 g/mol. The van der Waals surface area contributed by atoms with Crippen LogP contribution in [0.25, 0.3) is 0 Å². The lowest BCUT2D eigenvalue weighted by Crippen LogP contribution is -2.30. The molecule has 0 aliphatic carbocycles. The van der Waals surface area contributed by atoms with E-state index in [4.69, 9.17) is 5.11 Å². The molecule has 7 nitrogen and oxygen atoms in total. The summed E-state index contributed by atoms with van der Waals surface area (Å²) in [6, 6.07) is 0. The van der Waals surface area contributed by atoms with Crippen molar-refractivity contribution in [1.29, 1.82) is 0 Å². The first-order valence-corrected chi connectivity index (χ1v) is 13.2. The summed E-state index contributed by atoms with van der Waals surface area (Å²) in [5.41, 5.74) is 0. The van der Waals surface area contributed by atoms with Crippen LogP contribution in [0.15, 0.2) is 0 Å². The Bertz CT molecular complexity index is 470. The van der Waals surface area contributed by atoms with Gasteiger partial charge in [-0.1, -0.05) is 32.1 Å². The molecule has 0 aromatic carbocycles. The van der Waals surface area contributed by atoms with Crippen LogP contribution in [0.1, 0.15) is 103 Å². The van der Waals surface area contributed by atoms with E-state index < -0.39 is 6.10 Å². The molecule has 1 atom stereocenters. The van der Waals surface area contributed by atoms with Gasteiger partial charge in [0.25, 0.3) is 0 Å². The summed E-state index contributed by atoms with van der Waals surface area (Å²) in [7, 11) is 0. The first-order chi connectivity index (χ1) is 15.6. The van der Waals surface area contributed by atoms with E-state index in [1.807, 2.05) is 0 Å². The number of hydrogen-bond donors (Lipinski definition) is 4. The van der Waals surface area contributed by atoms with Crippen molar-refractivity contribution in [3.63, 3.8) is 0 Å². The normalized spacial score (nSPS) is 15.4. The van der Waals surface area contributed by atoms with Crippen molar-refractivity contribution in [3.8, 4) is 0 Å². The highest BCUT2D eigenvalue weighted by atomic mass is 16.3. The zero-order chi connectivity index (χ0) is 23.3. The highest BCUT2D eigenvalue weighted by Crippen LogP contribution is 2.10. The van der Waals surface area contributed by atoms with E-state index in [0.717, 1.165) is 64.3 Å². The Labute approximate surface area is 195 Å². The van der Waals surface area contributed by atoms with Gasteiger partial charge in [-0.25, -0.2) is 0 Å². The Kier molecular flexibility index (Phi) is 18.4. The third-order valence-electron chi connectivity index (χ3n) is 6.23. The lowest BCUT2D eigenvalue weighted by Gasteiger charge is -2.26. The number of rotatable bonds is 20. The van der Waals surface area contributed by atoms with E-state index in [1.54, 1.807) is 0 Å². The molecular formula is C25H49N3O4. The zero-order valence-electron chi connectivity index (χ0n) is 20.3. The van der Waals surface area contributed by atoms with E-state index in [9.17, 15) is 14.7 Å². The quantitative estimate of drug-likeness (QED) is 0.211. The predicted octanol–water partition coefficient (Wildman–Crippen LogP) is 3.13. The smallest absolute Gasteiger partial charge is 0.219 e. The highest BCUT2D eigenvalue weighted by molar-refractivity contribution is 5.76. The minimum atomic E-state index is -0.641. The molecule has 0 bridgehead atoms. The summed E-state index contributed by atoms with van der Waals surface area (Å²) < 4.78 is 0. The van der Waals surface area contributed by atoms with Crippen LogP contribution in [0.2, 0.25) is 0 Å². The van der Waals surface area contributed by atoms with Crippen molar-refractivity contribution >= 4 is 11.8 Å². The van der Waals surface area contributed by atoms with Crippen LogP contribution in [0.5, 0.6) is 0 Å². The Morgan fingerprint density at radius 3 is 1.88 bits per heavy atom. The number of carbonyl (C=O) groups is 2. The molecule has 0 spiro atoms. The van der Waals surface area contributed by atoms with E-state index in [-0.39, 0.29) is 18.4 Å². The van der Waals surface area contributed by atoms with Gasteiger partial charge in [-0.3, -0.25) is 9.59 Å². The molecule has 188 valence electrons. The standard InChI is InChI=1S/C25H49N3O4/c29-22-23(30)14-8-10-18-27-24(31)15-6-2-1-3-9-17-26-25(32)16-7-4-11-19-28-20-12-5-13-21-28/h23,29-30H,1-22H2,(H,26,32)(H,27,31). The number of amides is 2. The van der Waals surface area contributed by atoms with Gasteiger partial charge in [0.1, 0.15) is 0 Å². The first-order valence-electron chi connectivity index (χ1n) is 13.2. The summed E-state index contributed by atoms with van der Waals surface area (Å²) in [6.45, 7) is 4.91. The van der Waals surface area contributed by atoms with E-state index in [1.165, 1.54) is 45.3 Å². The van der Waals surface area contributed by atoms with E-state index in [2.05, 4.69) is 15.5 Å². The van der Waals surface area contributed by atoms with Crippen molar-refractivity contribution in [2.24, 2.45) is 0 Å². The fraction of sp³-hybridized carbons (Fsp3) is 0.920. The topological polar surface area (TPSA) is 102 Å². The van der Waals surface area contributed by atoms with Gasteiger partial charge in [-0.2, -0.15) is 0 Å². The summed E-state index contributed by atoms with van der Waals surface area (Å²) in [6.07, 6.45) is 15.3. The Morgan fingerprint density at radius 2 is 1.25 bits per heavy atom. The maximum Gasteiger partial charge on any atom is 0.219 e. The highest BCUT2D eigenvalue weighted by Gasteiger charge is 2.09. The van der Waals surface area contributed by atoms with Crippen LogP contribution >= 0.6 is 0 Å². The van der Waals surface area contributed by atoms with Crippen LogP contribution < -0.4 is 10.6 Å². The van der Waals surface area contributed by atoms with Crippen LogP contribution in [0.3, 0.4) is 0 Å². The second-order valence-corrected chi connectivity index (χ2v) is 9.26. The fourth-order valence-corrected chi connectivity index (χ4v) is 4.15. The molecular weight excluding hydrogens is 406 g/mol. The lowest BCUT2D eigenvalue weighted by atomic mass is 10.1. The molecule has 7 heteroatoms. The molecule has 0 aromatic heterocycles. The second-order valence-electron chi connectivity index (χ2n) is 9.26. The van der Waals surface area contributed by atoms with Crippen molar-refractivity contribution < 1.29 is 19.8 Å². The average molecular weight is 456 g/mol. The molecule has 1 aliphatic heterocycles. The molecule has 0 radical (unpaired) electrons. The maximum absolute atomic E-state index is 11.9. The van der Waals surface area contributed by atoms with Gasteiger partial charge >= 0.3 is 0 Å². The molecule has 32 heavy (non-hydrogen) atoms. The molecule has 1 aliphatic rings. The largest absolute Gasteiger partial charge is 0.394 e. The number of carbonyl (C=O) groups excluding carboxylic acids is 2. The van der Waals surface area contributed by atoms with Gasteiger partial charge in [0.05, 0.1) is 12.7 Å². The minimum absolute atomic E-state index is 0.0934. The lowest BCUT2D eigenvalue weighted by molar-refractivity contribution is -0.122. The number of aliphatic hydroxyl groups is 2. The van der Waals surface area contributed by atoms with Crippen LogP contribution in [0.4, 0.5) is 0 Å². The van der Waals surface area contributed by atoms with Gasteiger partial charge in [-0.15, -0.1) is 0 Å². The SMILES string of the molecule is O=C(CCCCCN1CCCCC1)NCCCCCCCC(=O)NCCCCC(O)CO. The summed E-state index contributed by atoms with van der Waals surface area (Å²) in [5, 5.41) is 23.9. The predicted molar refractivity (Wildman–Crippen MR) is 129 cm³/mol. The number of likely N-dealkylation sites (tertiary alicyclic amines) is 1. The number of aliphatic hydroxyl groups excluding tert-OH is 2. The van der Waals surface area contributed by atoms with Gasteiger partial charge in [0, 0.05) is 25.9 Å². The van der Waals surface area contributed by atoms with Crippen LogP contribution in [-0.2, 0) is 9.59 Å². The molecule has 1 unspecified atom stereocenters. The number of piperidine rings is 1. The van der Waals surface area contributed by atoms with E-state index in [0.29, 0.717) is 25.8 Å². The Balaban J connectivity index is 1.79. The molecule has 1 saturated heterocycles. The van der Waals surface area contributed by atoms with Crippen LogP contribution in [0, 0.1) is 0 Å². The summed E-state index contributed by atoms with van der Waals surface area (Å²) in [4.78, 5) is 26.2. The maximum atomic E-state index is 11.9. The summed E-state index contributed by atoms with van der Waals surface area (Å²) >= 11 is 0. The summed E-state index contributed by atoms with van der Waals surface area (Å²) in [5.74, 6) is 0.279. The Morgan fingerprint density at radius 1 is 0.719 bits per heavy atom. The average Bonchev–Trinajstić information content (AvgIpc) is 2.80. The van der Waals surface area contributed by atoms with Gasteiger partial charge in [-0.05, 0) is 77.4 Å². The van der Waals surface area contributed by atoms with Crippen molar-refractivity contribution in [2.45, 2.75) is 109 Å². The third kappa shape index (κ3) is 17.4. The Hall–Kier alpha value is -1.18. The number of unbranched alkanes of at least 4 members (excludes halogenated alkanes) is 7. The zero-order valence-corrected chi connectivity index (χ0v) is 20.3. The number of nitrogens with zero attached hydrogens (tertiary/aromatic N) is 1. The molecule has 0 aromatic rings. The van der Waals surface area contributed by atoms with Crippen molar-refractivity contribution in [2.75, 3.05) is 39.3 Å². The molecule has 0 saturated carbocycles. The van der Waals surface area contributed by atoms with Crippen molar-refractivity contribution in [1.82, 2.24) is 15.5 Å². The number of nitrogens with one attached hydrogen (secondary N) is 2. The fourth-order valence-electron chi connectivity index (χ4n) is 4.15. The first kappa shape index (κ1) is 28.9. The van der Waals surface area contributed by atoms with Crippen molar-refractivity contribution in [3.05, 3.63) is 0 Å². The van der Waals surface area contributed by atoms with Gasteiger partial charge < -0.3 is 25.7 Å². The van der Waals surface area contributed by atoms with E-state index >= 15 is 0 Å². The third-order valence-corrected chi connectivity index (χ3v) is 6.23. The van der Waals surface area contributed by atoms with Gasteiger partial charge in [0.2, 0.25) is 11.8 Å². The molecule has 1 fully saturated rings.